The molecule has 636 valence electrons. The lowest BCUT2D eigenvalue weighted by Crippen LogP contribution is -2.13. The zero-order chi connectivity index (χ0) is 88.4. The highest BCUT2D eigenvalue weighted by Gasteiger charge is 2.39. The summed E-state index contributed by atoms with van der Waals surface area (Å²) in [6.45, 7) is 12.6. The summed E-state index contributed by atoms with van der Waals surface area (Å²) >= 11 is 16.5. The number of nitro groups is 1. The number of hydrogen-bond donors (Lipinski definition) is 15. The average molecular weight is 1730 g/mol. The highest BCUT2D eigenvalue weighted by Crippen LogP contribution is 2.38. The maximum absolute atomic E-state index is 12.7. The van der Waals surface area contributed by atoms with Gasteiger partial charge < -0.3 is 98.9 Å². The van der Waals surface area contributed by atoms with Crippen LogP contribution in [-0.2, 0) is 52.0 Å². The molecule has 117 heavy (non-hydrogen) atoms. The van der Waals surface area contributed by atoms with Crippen molar-refractivity contribution in [2.75, 3.05) is 95.0 Å². The van der Waals surface area contributed by atoms with Gasteiger partial charge in [0.05, 0.1) is 38.0 Å². The van der Waals surface area contributed by atoms with Crippen molar-refractivity contribution in [3.63, 3.8) is 0 Å². The van der Waals surface area contributed by atoms with Crippen LogP contribution in [0.2, 0.25) is 15.7 Å². The number of nitrogens with one attached hydrogen (secondary N) is 12. The number of aromatic nitrogens is 24. The van der Waals surface area contributed by atoms with Crippen molar-refractivity contribution in [1.29, 1.82) is 0 Å². The number of hydrogen-bond acceptors (Lipinski definition) is 30. The minimum Gasteiger partial charge on any atom is -0.384 e. The van der Waals surface area contributed by atoms with E-state index in [1.807, 2.05) is 32.4 Å². The second-order valence-corrected chi connectivity index (χ2v) is 23.6. The van der Waals surface area contributed by atoms with Gasteiger partial charge in [-0.2, -0.15) is 80.8 Å². The smallest absolute Gasteiger partial charge is 0.384 e. The number of nitrogen functional groups attached to an aromatic ring is 3. The van der Waals surface area contributed by atoms with Gasteiger partial charge in [0.15, 0.2) is 16.8 Å². The first-order valence-electron chi connectivity index (χ1n) is 32.2. The molecule has 18 N–H and O–H groups in total. The van der Waals surface area contributed by atoms with E-state index in [1.54, 1.807) is 71.1 Å². The van der Waals surface area contributed by atoms with E-state index in [0.717, 1.165) is 35.7 Å². The fourth-order valence-electron chi connectivity index (χ4n) is 8.08. The molecule has 0 aliphatic heterocycles. The molecule has 38 nitrogen and oxygen atoms in total. The first-order valence-corrected chi connectivity index (χ1v) is 33.3. The van der Waals surface area contributed by atoms with Crippen LogP contribution in [0.15, 0.2) is 68.2 Å². The summed E-state index contributed by atoms with van der Waals surface area (Å²) in [6, 6.07) is 0. The number of halogens is 18. The molecule has 12 aromatic rings. The van der Waals surface area contributed by atoms with Crippen LogP contribution in [0.3, 0.4) is 0 Å². The van der Waals surface area contributed by atoms with Crippen LogP contribution < -0.4 is 59.7 Å². The summed E-state index contributed by atoms with van der Waals surface area (Å²) < 4.78 is 192. The van der Waals surface area contributed by atoms with Crippen LogP contribution in [0.4, 0.5) is 154 Å². The normalized spacial score (nSPS) is 10.9. The number of alkyl halides is 15. The Morgan fingerprint density at radius 3 is 0.949 bits per heavy atom. The molecular formula is C61H74Cl3F15N36O2. The molecular weight excluding hydrogens is 1660 g/mol. The van der Waals surface area contributed by atoms with Crippen LogP contribution in [-0.4, -0.2) is 159 Å². The summed E-state index contributed by atoms with van der Waals surface area (Å²) in [7, 11) is 12.0. The van der Waals surface area contributed by atoms with Crippen LogP contribution in [0.5, 0.6) is 0 Å². The number of aromatic amines is 4. The van der Waals surface area contributed by atoms with Gasteiger partial charge in [-0.05, 0) is 69.7 Å². The fourth-order valence-corrected chi connectivity index (χ4v) is 8.58. The fraction of sp³-hybridized carbons (Fsp3) is 0.328. The molecule has 0 aliphatic carbocycles. The molecule has 0 aliphatic rings. The van der Waals surface area contributed by atoms with Gasteiger partial charge in [-0.1, -0.05) is 11.6 Å². The number of nitrogens with two attached hydrogens (primary N) is 3. The van der Waals surface area contributed by atoms with Gasteiger partial charge >= 0.3 is 36.7 Å². The van der Waals surface area contributed by atoms with Gasteiger partial charge in [0, 0.05) is 87.2 Å². The number of imidazole rings is 7. The third-order valence-corrected chi connectivity index (χ3v) is 14.7. The number of aryl methyl sites for hydroxylation is 7. The topological polar surface area (TPSA) is 515 Å². The van der Waals surface area contributed by atoms with E-state index in [-0.39, 0.29) is 74.3 Å². The van der Waals surface area contributed by atoms with E-state index >= 15 is 0 Å². The zero-order valence-corrected chi connectivity index (χ0v) is 65.9. The van der Waals surface area contributed by atoms with Crippen molar-refractivity contribution >= 4 is 122 Å². The minimum absolute atomic E-state index is 0.0255. The summed E-state index contributed by atoms with van der Waals surface area (Å²) in [5.74, 6) is 7.10. The minimum atomic E-state index is -4.53. The van der Waals surface area contributed by atoms with Crippen LogP contribution in [0, 0.1) is 58.6 Å². The van der Waals surface area contributed by atoms with Gasteiger partial charge in [0.25, 0.3) is 0 Å². The number of rotatable bonds is 12. The molecule has 12 heterocycles. The van der Waals surface area contributed by atoms with Gasteiger partial charge in [-0.25, -0.2) is 74.3 Å². The van der Waals surface area contributed by atoms with E-state index in [0.29, 0.717) is 65.2 Å². The van der Waals surface area contributed by atoms with Gasteiger partial charge in [-0.3, -0.25) is 0 Å². The lowest BCUT2D eigenvalue weighted by molar-refractivity contribution is -0.391. The highest BCUT2D eigenvalue weighted by atomic mass is 35.5. The second kappa shape index (κ2) is 42.3. The van der Waals surface area contributed by atoms with E-state index in [4.69, 9.17) is 52.0 Å². The molecule has 0 amide bonds. The molecule has 0 unspecified atom stereocenters. The van der Waals surface area contributed by atoms with E-state index in [9.17, 15) is 76.0 Å². The number of H-pyrrole nitrogens is 4. The Hall–Kier alpha value is -13.1. The van der Waals surface area contributed by atoms with Crippen LogP contribution in [0.1, 0.15) is 68.6 Å². The van der Waals surface area contributed by atoms with Crippen molar-refractivity contribution in [3.8, 4) is 0 Å². The Balaban J connectivity index is 0.000000283. The maximum atomic E-state index is 12.7. The molecule has 0 aromatic carbocycles. The van der Waals surface area contributed by atoms with Crippen LogP contribution in [0.25, 0.3) is 0 Å². The Kier molecular flexibility index (Phi) is 34.8. The predicted octanol–water partition coefficient (Wildman–Crippen LogP) is 13.5. The molecule has 0 radical (unpaired) electrons. The Bertz CT molecular complexity index is 4930. The Morgan fingerprint density at radius 2 is 0.701 bits per heavy atom. The monoisotopic (exact) mass is 1730 g/mol. The van der Waals surface area contributed by atoms with E-state index < -0.39 is 63.6 Å². The molecule has 56 heteroatoms. The molecule has 0 saturated carbocycles. The molecule has 12 rings (SSSR count). The Morgan fingerprint density at radius 1 is 0.368 bits per heavy atom. The summed E-state index contributed by atoms with van der Waals surface area (Å²) in [4.78, 5) is 83.8. The molecule has 0 fully saturated rings. The molecule has 0 saturated heterocycles. The largest absolute Gasteiger partial charge is 0.421 e. The summed E-state index contributed by atoms with van der Waals surface area (Å²) in [5.41, 5.74) is 11.3. The molecule has 0 atom stereocenters. The van der Waals surface area contributed by atoms with Crippen molar-refractivity contribution in [3.05, 3.63) is 163 Å². The quantitative estimate of drug-likeness (QED) is 0.0234. The van der Waals surface area contributed by atoms with Crippen LogP contribution >= 0.6 is 34.8 Å². The van der Waals surface area contributed by atoms with Crippen molar-refractivity contribution < 1.29 is 70.8 Å². The van der Waals surface area contributed by atoms with E-state index in [2.05, 4.69) is 147 Å². The number of nitrogens with zero attached hydrogens (tertiary/aromatic N) is 21. The summed E-state index contributed by atoms with van der Waals surface area (Å²) in [6.07, 6.45) is -9.91. The standard InChI is InChI=1S/C11H13F3N6.C10H10ClF3N6.C10H11F3N6.2C6H5ClF3N3.C5H7N3O2.C5H9N3.2C4H7N3/c1-6-16-5-8(20(6)3)18-10-17-4-7(11(12,13)14)9(15-2)19-10;1-4-17-6(11)8(18-4)20-9-16-3-5(10(12,13)14)7(15-2)19-9;1-5-15-4-7(17-5)18-9-16-3-6(10(11,12)13)8(14-2)19-9;2*1-11-4-3(6(8,9)10)2-12-5(7)13-4;1-4-6-3-5(7(4)2)8(9)10;1-4-7-3-5(6)8(4)2;2*1-3-6-2-4(5)7-3/h4-5H,1-3H3,(H2,15,17,18,19);3H,1-2H3,(H,17,18)(H2,15,16,19,20);3-4H,1-2H3,(H,15,17)(H2,14,16,18,19);2*2H,1H3,(H,11,12,13);3H,1-2H3;3H,6H2,1-2H3;2*2H,5H2,1H3,(H,6,7). The average Bonchev–Trinajstić information content (AvgIpc) is 1.83. The summed E-state index contributed by atoms with van der Waals surface area (Å²) in [5, 5.41) is 29.9. The first kappa shape index (κ1) is 96.3. The molecule has 0 bridgehead atoms. The van der Waals surface area contributed by atoms with E-state index in [1.165, 1.54) is 52.2 Å². The third kappa shape index (κ3) is 30.3. The second-order valence-electron chi connectivity index (χ2n) is 22.5. The Labute approximate surface area is 667 Å². The SMILES string of the molecule is CNc1nc(Cl)ncc1C(F)(F)F.CNc1nc(Cl)ncc1C(F)(F)F.CNc1nc(Nc2cnc(C)[nH]2)ncc1C(F)(F)F.CNc1nc(Nc2cnc(C)n2C)ncc1C(F)(F)F.CNc1nc(Nc2nc(C)[nH]c2Cl)ncc1C(F)(F)F.Cc1ncc(N)[nH]1.Cc1ncc(N)[nH]1.Cc1ncc(N)n1C.Cc1ncc([N+](=O)[O-])n1C. The van der Waals surface area contributed by atoms with Crippen molar-refractivity contribution in [1.82, 2.24) is 118 Å². The third-order valence-electron chi connectivity index (χ3n) is 14.1. The van der Waals surface area contributed by atoms with Crippen molar-refractivity contribution in [2.45, 2.75) is 79.3 Å². The lowest BCUT2D eigenvalue weighted by atomic mass is 10.3. The van der Waals surface area contributed by atoms with Gasteiger partial charge in [0.1, 0.15) is 127 Å². The molecule has 12 aromatic heterocycles. The highest BCUT2D eigenvalue weighted by molar-refractivity contribution is 6.32. The molecule has 0 spiro atoms. The van der Waals surface area contributed by atoms with Gasteiger partial charge in [-0.15, -0.1) is 0 Å². The first-order chi connectivity index (χ1) is 54.3. The number of anilines is 14. The predicted molar refractivity (Wildman–Crippen MR) is 405 cm³/mol. The van der Waals surface area contributed by atoms with Crippen molar-refractivity contribution in [2.24, 2.45) is 21.1 Å². The van der Waals surface area contributed by atoms with Gasteiger partial charge in [0.2, 0.25) is 28.4 Å². The zero-order valence-electron chi connectivity index (χ0n) is 63.6. The maximum Gasteiger partial charge on any atom is 0.421 e. The lowest BCUT2D eigenvalue weighted by Gasteiger charge is -2.13.